The first-order valence-corrected chi connectivity index (χ1v) is 5.43. The lowest BCUT2D eigenvalue weighted by Crippen LogP contribution is -2.18. The maximum absolute atomic E-state index is 12.6. The summed E-state index contributed by atoms with van der Waals surface area (Å²) in [4.78, 5) is 4.00. The third kappa shape index (κ3) is 2.67. The van der Waals surface area contributed by atoms with E-state index in [-0.39, 0.29) is 5.82 Å². The van der Waals surface area contributed by atoms with E-state index in [1.165, 1.54) is 25.1 Å². The Morgan fingerprint density at radius 2 is 2.27 bits per heavy atom. The quantitative estimate of drug-likeness (QED) is 0.807. The largest absolute Gasteiger partial charge is 0.367 e. The minimum absolute atomic E-state index is 0.285. The minimum Gasteiger partial charge on any atom is -0.367 e. The molecule has 1 atom stereocenters. The van der Waals surface area contributed by atoms with E-state index in [9.17, 15) is 4.39 Å². The Balaban J connectivity index is 1.96. The Hall–Kier alpha value is -1.12. The van der Waals surface area contributed by atoms with Crippen molar-refractivity contribution in [2.45, 2.75) is 39.2 Å². The van der Waals surface area contributed by atoms with E-state index in [2.05, 4.69) is 24.1 Å². The summed E-state index contributed by atoms with van der Waals surface area (Å²) in [5, 5.41) is 3.35. The molecule has 0 radical (unpaired) electrons. The molecular weight excluding hydrogens is 191 g/mol. The van der Waals surface area contributed by atoms with Crippen LogP contribution in [0, 0.1) is 11.2 Å². The van der Waals surface area contributed by atoms with Gasteiger partial charge in [0.1, 0.15) is 11.6 Å². The molecule has 0 spiro atoms. The van der Waals surface area contributed by atoms with E-state index in [4.69, 9.17) is 0 Å². The van der Waals surface area contributed by atoms with Crippen LogP contribution in [-0.2, 0) is 0 Å². The topological polar surface area (TPSA) is 24.9 Å². The SMILES string of the molecule is CC1(C)CCC(Nc2ccc(F)cn2)C1. The molecule has 1 heterocycles. The van der Waals surface area contributed by atoms with E-state index in [1.807, 2.05) is 0 Å². The molecule has 0 aliphatic heterocycles. The molecule has 0 bridgehead atoms. The minimum atomic E-state index is -0.285. The molecule has 2 rings (SSSR count). The number of hydrogen-bond donors (Lipinski definition) is 1. The van der Waals surface area contributed by atoms with Gasteiger partial charge in [0, 0.05) is 6.04 Å². The van der Waals surface area contributed by atoms with Crippen LogP contribution in [0.25, 0.3) is 0 Å². The number of rotatable bonds is 2. The summed E-state index contributed by atoms with van der Waals surface area (Å²) in [5.41, 5.74) is 0.428. The fraction of sp³-hybridized carbons (Fsp3) is 0.583. The molecule has 1 unspecified atom stereocenters. The molecule has 3 heteroatoms. The third-order valence-corrected chi connectivity index (χ3v) is 3.05. The van der Waals surface area contributed by atoms with E-state index in [1.54, 1.807) is 6.07 Å². The molecule has 1 N–H and O–H groups in total. The molecule has 1 fully saturated rings. The van der Waals surface area contributed by atoms with E-state index >= 15 is 0 Å². The summed E-state index contributed by atoms with van der Waals surface area (Å²) in [7, 11) is 0. The van der Waals surface area contributed by atoms with Crippen LogP contribution < -0.4 is 5.32 Å². The van der Waals surface area contributed by atoms with Crippen LogP contribution in [0.2, 0.25) is 0 Å². The van der Waals surface area contributed by atoms with E-state index in [0.29, 0.717) is 11.5 Å². The van der Waals surface area contributed by atoms with Gasteiger partial charge in [-0.2, -0.15) is 0 Å². The molecule has 82 valence electrons. The predicted octanol–water partition coefficient (Wildman–Crippen LogP) is 3.21. The van der Waals surface area contributed by atoms with Crippen LogP contribution in [0.1, 0.15) is 33.1 Å². The number of anilines is 1. The van der Waals surface area contributed by atoms with Crippen molar-refractivity contribution in [2.24, 2.45) is 5.41 Å². The van der Waals surface area contributed by atoms with Crippen LogP contribution >= 0.6 is 0 Å². The van der Waals surface area contributed by atoms with E-state index in [0.717, 1.165) is 12.2 Å². The molecule has 1 aromatic heterocycles. The zero-order chi connectivity index (χ0) is 10.9. The molecular formula is C12H17FN2. The Morgan fingerprint density at radius 1 is 1.47 bits per heavy atom. The average Bonchev–Trinajstić information content (AvgIpc) is 2.50. The maximum atomic E-state index is 12.6. The summed E-state index contributed by atoms with van der Waals surface area (Å²) < 4.78 is 12.6. The van der Waals surface area contributed by atoms with Gasteiger partial charge in [-0.1, -0.05) is 13.8 Å². The Labute approximate surface area is 89.9 Å². The highest BCUT2D eigenvalue weighted by atomic mass is 19.1. The van der Waals surface area contributed by atoms with Gasteiger partial charge in [-0.15, -0.1) is 0 Å². The van der Waals surface area contributed by atoms with E-state index < -0.39 is 0 Å². The fourth-order valence-corrected chi connectivity index (χ4v) is 2.23. The van der Waals surface area contributed by atoms with Crippen molar-refractivity contribution < 1.29 is 4.39 Å². The third-order valence-electron chi connectivity index (χ3n) is 3.05. The van der Waals surface area contributed by atoms with Crippen molar-refractivity contribution in [3.63, 3.8) is 0 Å². The first kappa shape index (κ1) is 10.4. The Morgan fingerprint density at radius 3 is 2.80 bits per heavy atom. The summed E-state index contributed by atoms with van der Waals surface area (Å²) in [6.45, 7) is 4.57. The number of nitrogens with one attached hydrogen (secondary N) is 1. The summed E-state index contributed by atoms with van der Waals surface area (Å²) in [6, 6.07) is 3.62. The zero-order valence-corrected chi connectivity index (χ0v) is 9.26. The summed E-state index contributed by atoms with van der Waals surface area (Å²) in [6.07, 6.45) is 4.83. The normalized spacial score (nSPS) is 24.1. The van der Waals surface area contributed by atoms with Crippen molar-refractivity contribution in [1.82, 2.24) is 4.98 Å². The fourth-order valence-electron chi connectivity index (χ4n) is 2.23. The van der Waals surface area contributed by atoms with Crippen molar-refractivity contribution in [2.75, 3.05) is 5.32 Å². The smallest absolute Gasteiger partial charge is 0.141 e. The van der Waals surface area contributed by atoms with Gasteiger partial charge in [0.15, 0.2) is 0 Å². The molecule has 0 aromatic carbocycles. The van der Waals surface area contributed by atoms with Gasteiger partial charge >= 0.3 is 0 Å². The number of hydrogen-bond acceptors (Lipinski definition) is 2. The van der Waals surface area contributed by atoms with Gasteiger partial charge < -0.3 is 5.32 Å². The predicted molar refractivity (Wildman–Crippen MR) is 59.2 cm³/mol. The molecule has 1 aromatic rings. The number of pyridine rings is 1. The summed E-state index contributed by atoms with van der Waals surface area (Å²) >= 11 is 0. The van der Waals surface area contributed by atoms with Crippen LogP contribution in [0.3, 0.4) is 0 Å². The number of nitrogens with zero attached hydrogens (tertiary/aromatic N) is 1. The van der Waals surface area contributed by atoms with Gasteiger partial charge in [0.2, 0.25) is 0 Å². The van der Waals surface area contributed by atoms with Crippen molar-refractivity contribution in [3.8, 4) is 0 Å². The van der Waals surface area contributed by atoms with Crippen LogP contribution in [0.15, 0.2) is 18.3 Å². The highest BCUT2D eigenvalue weighted by Gasteiger charge is 2.30. The second kappa shape index (κ2) is 3.80. The van der Waals surface area contributed by atoms with Gasteiger partial charge in [0.25, 0.3) is 0 Å². The Bertz CT molecular complexity index is 332. The second-order valence-corrected chi connectivity index (χ2v) is 5.11. The van der Waals surface area contributed by atoms with Crippen molar-refractivity contribution in [1.29, 1.82) is 0 Å². The number of halogens is 1. The zero-order valence-electron chi connectivity index (χ0n) is 9.26. The van der Waals surface area contributed by atoms with Crippen LogP contribution in [0.5, 0.6) is 0 Å². The van der Waals surface area contributed by atoms with Gasteiger partial charge in [-0.05, 0) is 36.8 Å². The highest BCUT2D eigenvalue weighted by molar-refractivity contribution is 5.35. The molecule has 2 nitrogen and oxygen atoms in total. The first-order chi connectivity index (χ1) is 7.05. The molecule has 1 aliphatic carbocycles. The average molecular weight is 208 g/mol. The molecule has 0 amide bonds. The van der Waals surface area contributed by atoms with Gasteiger partial charge in [-0.3, -0.25) is 0 Å². The summed E-state index contributed by atoms with van der Waals surface area (Å²) in [5.74, 6) is 0.492. The first-order valence-electron chi connectivity index (χ1n) is 5.43. The van der Waals surface area contributed by atoms with Crippen molar-refractivity contribution in [3.05, 3.63) is 24.1 Å². The highest BCUT2D eigenvalue weighted by Crippen LogP contribution is 2.37. The molecule has 1 aliphatic rings. The lowest BCUT2D eigenvalue weighted by atomic mass is 9.92. The maximum Gasteiger partial charge on any atom is 0.141 e. The van der Waals surface area contributed by atoms with Crippen molar-refractivity contribution >= 4 is 5.82 Å². The lowest BCUT2D eigenvalue weighted by molar-refractivity contribution is 0.378. The van der Waals surface area contributed by atoms with Gasteiger partial charge in [0.05, 0.1) is 6.20 Å². The second-order valence-electron chi connectivity index (χ2n) is 5.11. The van der Waals surface area contributed by atoms with Gasteiger partial charge in [-0.25, -0.2) is 9.37 Å². The molecule has 0 saturated heterocycles. The number of aromatic nitrogens is 1. The molecule has 15 heavy (non-hydrogen) atoms. The lowest BCUT2D eigenvalue weighted by Gasteiger charge is -2.18. The Kier molecular flexibility index (Phi) is 2.63. The van der Waals surface area contributed by atoms with Crippen LogP contribution in [0.4, 0.5) is 10.2 Å². The molecule has 1 saturated carbocycles. The standard InChI is InChI=1S/C12H17FN2/c1-12(2)6-5-10(7-12)15-11-4-3-9(13)8-14-11/h3-4,8,10H,5-7H2,1-2H3,(H,14,15). The van der Waals surface area contributed by atoms with Crippen LogP contribution in [-0.4, -0.2) is 11.0 Å². The monoisotopic (exact) mass is 208 g/mol.